The van der Waals surface area contributed by atoms with Gasteiger partial charge in [-0.2, -0.15) is 0 Å². The number of hydrogen-bond acceptors (Lipinski definition) is 7. The number of ether oxygens (including phenoxy) is 2. The van der Waals surface area contributed by atoms with E-state index in [2.05, 4.69) is 20.8 Å². The van der Waals surface area contributed by atoms with E-state index in [4.69, 9.17) is 9.47 Å². The number of carbonyl (C=O) groups is 2. The number of nitrogens with zero attached hydrogens (tertiary/aromatic N) is 4. The van der Waals surface area contributed by atoms with Crippen LogP contribution in [0.4, 0.5) is 5.69 Å². The molecule has 150 valence electrons. The van der Waals surface area contributed by atoms with Crippen molar-refractivity contribution < 1.29 is 19.1 Å². The molecular formula is C20H21N5O4. The Balaban J connectivity index is 1.56. The van der Waals surface area contributed by atoms with Crippen LogP contribution in [0.2, 0.25) is 0 Å². The topological polar surface area (TPSA) is 108 Å². The standard InChI is InChI=1S/C20H21N5O4/c1-3-25-18(22-23-24-25)13-29-17-11-7-14(8-12-17)19(26)21-16-9-5-15(6-10-16)20(27)28-4-2/h5-12H,3-4,13H2,1-2H3,(H,21,26). The molecule has 1 N–H and O–H groups in total. The van der Waals surface area contributed by atoms with Gasteiger partial charge in [0.15, 0.2) is 5.82 Å². The summed E-state index contributed by atoms with van der Waals surface area (Å²) in [4.78, 5) is 24.1. The molecule has 0 saturated carbocycles. The summed E-state index contributed by atoms with van der Waals surface area (Å²) in [5.41, 5.74) is 1.49. The Morgan fingerprint density at radius 2 is 1.69 bits per heavy atom. The normalized spacial score (nSPS) is 10.4. The fraction of sp³-hybridized carbons (Fsp3) is 0.250. The van der Waals surface area contributed by atoms with E-state index in [1.165, 1.54) is 0 Å². The Morgan fingerprint density at radius 3 is 2.34 bits per heavy atom. The van der Waals surface area contributed by atoms with Crippen molar-refractivity contribution in [1.82, 2.24) is 20.2 Å². The minimum atomic E-state index is -0.395. The van der Waals surface area contributed by atoms with Crippen LogP contribution in [-0.4, -0.2) is 38.7 Å². The van der Waals surface area contributed by atoms with Gasteiger partial charge < -0.3 is 14.8 Å². The number of esters is 1. The molecular weight excluding hydrogens is 374 g/mol. The highest BCUT2D eigenvalue weighted by Gasteiger charge is 2.10. The molecule has 1 amide bonds. The third-order valence-corrected chi connectivity index (χ3v) is 4.04. The van der Waals surface area contributed by atoms with Crippen LogP contribution in [0.1, 0.15) is 40.4 Å². The molecule has 0 aliphatic rings. The average molecular weight is 395 g/mol. The fourth-order valence-electron chi connectivity index (χ4n) is 2.53. The minimum absolute atomic E-state index is 0.235. The van der Waals surface area contributed by atoms with Crippen molar-refractivity contribution in [3.63, 3.8) is 0 Å². The number of hydrogen-bond donors (Lipinski definition) is 1. The van der Waals surface area contributed by atoms with Gasteiger partial charge in [0.2, 0.25) is 0 Å². The maximum Gasteiger partial charge on any atom is 0.338 e. The van der Waals surface area contributed by atoms with Gasteiger partial charge in [0, 0.05) is 17.8 Å². The second-order valence-electron chi connectivity index (χ2n) is 5.98. The molecule has 0 unspecified atom stereocenters. The molecule has 0 atom stereocenters. The number of nitrogens with one attached hydrogen (secondary N) is 1. The fourth-order valence-corrected chi connectivity index (χ4v) is 2.53. The molecule has 0 aliphatic heterocycles. The summed E-state index contributed by atoms with van der Waals surface area (Å²) in [6.07, 6.45) is 0. The zero-order valence-corrected chi connectivity index (χ0v) is 16.2. The SMILES string of the molecule is CCOC(=O)c1ccc(NC(=O)c2ccc(OCc3nnnn3CC)cc2)cc1. The third-order valence-electron chi connectivity index (χ3n) is 4.04. The van der Waals surface area contributed by atoms with Gasteiger partial charge in [0.1, 0.15) is 12.4 Å². The number of aromatic nitrogens is 4. The third kappa shape index (κ3) is 5.16. The molecule has 3 aromatic rings. The first kappa shape index (κ1) is 20.0. The van der Waals surface area contributed by atoms with Crippen LogP contribution in [0.15, 0.2) is 48.5 Å². The maximum atomic E-state index is 12.4. The van der Waals surface area contributed by atoms with E-state index in [9.17, 15) is 9.59 Å². The number of carbonyl (C=O) groups excluding carboxylic acids is 2. The van der Waals surface area contributed by atoms with E-state index in [-0.39, 0.29) is 12.5 Å². The van der Waals surface area contributed by atoms with Crippen molar-refractivity contribution in [2.24, 2.45) is 0 Å². The molecule has 0 spiro atoms. The predicted molar refractivity (Wildman–Crippen MR) is 105 cm³/mol. The molecule has 0 radical (unpaired) electrons. The number of amides is 1. The molecule has 0 fully saturated rings. The van der Waals surface area contributed by atoms with E-state index in [1.807, 2.05) is 6.92 Å². The number of anilines is 1. The highest BCUT2D eigenvalue weighted by atomic mass is 16.5. The van der Waals surface area contributed by atoms with Gasteiger partial charge in [-0.05, 0) is 72.8 Å². The summed E-state index contributed by atoms with van der Waals surface area (Å²) in [5, 5.41) is 14.1. The summed E-state index contributed by atoms with van der Waals surface area (Å²) in [7, 11) is 0. The molecule has 0 aliphatic carbocycles. The number of rotatable bonds is 8. The average Bonchev–Trinajstić information content (AvgIpc) is 3.21. The molecule has 9 heteroatoms. The van der Waals surface area contributed by atoms with Crippen LogP contribution in [-0.2, 0) is 17.9 Å². The molecule has 9 nitrogen and oxygen atoms in total. The van der Waals surface area contributed by atoms with Gasteiger partial charge in [0.25, 0.3) is 5.91 Å². The number of tetrazole rings is 1. The van der Waals surface area contributed by atoms with E-state index < -0.39 is 5.97 Å². The van der Waals surface area contributed by atoms with Crippen molar-refractivity contribution >= 4 is 17.6 Å². The number of benzene rings is 2. The van der Waals surface area contributed by atoms with Gasteiger partial charge in [-0.3, -0.25) is 4.79 Å². The summed E-state index contributed by atoms with van der Waals surface area (Å²) < 4.78 is 12.2. The van der Waals surface area contributed by atoms with Crippen LogP contribution in [0.3, 0.4) is 0 Å². The monoisotopic (exact) mass is 395 g/mol. The summed E-state index contributed by atoms with van der Waals surface area (Å²) in [6.45, 7) is 4.90. The Hall–Kier alpha value is -3.75. The lowest BCUT2D eigenvalue weighted by molar-refractivity contribution is 0.0526. The first-order valence-electron chi connectivity index (χ1n) is 9.17. The van der Waals surface area contributed by atoms with Crippen LogP contribution in [0.25, 0.3) is 0 Å². The summed E-state index contributed by atoms with van der Waals surface area (Å²) in [6, 6.07) is 13.3. The molecule has 2 aromatic carbocycles. The van der Waals surface area contributed by atoms with Crippen LogP contribution >= 0.6 is 0 Å². The number of aryl methyl sites for hydroxylation is 1. The van der Waals surface area contributed by atoms with Crippen LogP contribution in [0, 0.1) is 0 Å². The van der Waals surface area contributed by atoms with Crippen LogP contribution < -0.4 is 10.1 Å². The quantitative estimate of drug-likeness (QED) is 0.584. The van der Waals surface area contributed by atoms with Gasteiger partial charge in [-0.15, -0.1) is 5.10 Å². The van der Waals surface area contributed by atoms with Crippen molar-refractivity contribution in [2.45, 2.75) is 27.0 Å². The van der Waals surface area contributed by atoms with E-state index in [0.29, 0.717) is 41.5 Å². The first-order valence-corrected chi connectivity index (χ1v) is 9.17. The molecule has 0 saturated heterocycles. The lowest BCUT2D eigenvalue weighted by Gasteiger charge is -2.08. The Labute approximate surface area is 167 Å². The highest BCUT2D eigenvalue weighted by Crippen LogP contribution is 2.16. The Morgan fingerprint density at radius 1 is 1.00 bits per heavy atom. The second-order valence-corrected chi connectivity index (χ2v) is 5.98. The van der Waals surface area contributed by atoms with Crippen molar-refractivity contribution in [3.8, 4) is 5.75 Å². The molecule has 1 heterocycles. The van der Waals surface area contributed by atoms with Crippen molar-refractivity contribution in [3.05, 3.63) is 65.5 Å². The molecule has 29 heavy (non-hydrogen) atoms. The largest absolute Gasteiger partial charge is 0.486 e. The smallest absolute Gasteiger partial charge is 0.338 e. The maximum absolute atomic E-state index is 12.4. The predicted octanol–water partition coefficient (Wildman–Crippen LogP) is 2.70. The van der Waals surface area contributed by atoms with Gasteiger partial charge >= 0.3 is 5.97 Å². The Kier molecular flexibility index (Phi) is 6.51. The second kappa shape index (κ2) is 9.45. The first-order chi connectivity index (χ1) is 14.1. The Bertz CT molecular complexity index is 967. The lowest BCUT2D eigenvalue weighted by Crippen LogP contribution is -2.12. The summed E-state index contributed by atoms with van der Waals surface area (Å²) in [5.74, 6) is 0.566. The van der Waals surface area contributed by atoms with Crippen LogP contribution in [0.5, 0.6) is 5.75 Å². The minimum Gasteiger partial charge on any atom is -0.486 e. The molecule has 3 rings (SSSR count). The zero-order valence-electron chi connectivity index (χ0n) is 16.2. The van der Waals surface area contributed by atoms with Gasteiger partial charge in [-0.25, -0.2) is 9.48 Å². The van der Waals surface area contributed by atoms with E-state index in [0.717, 1.165) is 0 Å². The van der Waals surface area contributed by atoms with Crippen molar-refractivity contribution in [1.29, 1.82) is 0 Å². The molecule has 1 aromatic heterocycles. The summed E-state index contributed by atoms with van der Waals surface area (Å²) >= 11 is 0. The highest BCUT2D eigenvalue weighted by molar-refractivity contribution is 6.04. The van der Waals surface area contributed by atoms with Crippen molar-refractivity contribution in [2.75, 3.05) is 11.9 Å². The van der Waals surface area contributed by atoms with E-state index >= 15 is 0 Å². The zero-order chi connectivity index (χ0) is 20.6. The van der Waals surface area contributed by atoms with E-state index in [1.54, 1.807) is 60.1 Å². The van der Waals surface area contributed by atoms with Gasteiger partial charge in [-0.1, -0.05) is 0 Å². The van der Waals surface area contributed by atoms with Gasteiger partial charge in [0.05, 0.1) is 12.2 Å². The molecule has 0 bridgehead atoms. The lowest BCUT2D eigenvalue weighted by atomic mass is 10.1.